The van der Waals surface area contributed by atoms with Crippen molar-refractivity contribution in [3.63, 3.8) is 0 Å². The van der Waals surface area contributed by atoms with Crippen LogP contribution in [0, 0.1) is 0 Å². The molecule has 27 heavy (non-hydrogen) atoms. The minimum atomic E-state index is -0.121. The van der Waals surface area contributed by atoms with Gasteiger partial charge in [-0.05, 0) is 23.8 Å². The molecule has 0 fully saturated rings. The van der Waals surface area contributed by atoms with Gasteiger partial charge in [0.1, 0.15) is 16.9 Å². The molecule has 2 aromatic heterocycles. The molecule has 0 radical (unpaired) electrons. The Morgan fingerprint density at radius 2 is 1.96 bits per heavy atom. The predicted molar refractivity (Wildman–Crippen MR) is 110 cm³/mol. The molecule has 0 aliphatic carbocycles. The fraction of sp³-hybridized carbons (Fsp3) is 0.0500. The van der Waals surface area contributed by atoms with Crippen molar-refractivity contribution < 1.29 is 4.79 Å². The summed E-state index contributed by atoms with van der Waals surface area (Å²) < 4.78 is 0. The van der Waals surface area contributed by atoms with Crippen LogP contribution in [0.15, 0.2) is 72.1 Å². The molecular weight excluding hydrogens is 380 g/mol. The van der Waals surface area contributed by atoms with E-state index in [0.29, 0.717) is 10.7 Å². The van der Waals surface area contributed by atoms with Crippen molar-refractivity contribution in [3.05, 3.63) is 72.1 Å². The lowest BCUT2D eigenvalue weighted by Gasteiger charge is -2.06. The second-order valence-corrected chi connectivity index (χ2v) is 7.22. The van der Waals surface area contributed by atoms with E-state index in [1.807, 2.05) is 36.5 Å². The van der Waals surface area contributed by atoms with Gasteiger partial charge in [0, 0.05) is 22.5 Å². The third-order valence-electron chi connectivity index (χ3n) is 3.96. The van der Waals surface area contributed by atoms with Crippen molar-refractivity contribution in [3.8, 4) is 11.1 Å². The average Bonchev–Trinajstić information content (AvgIpc) is 3.12. The van der Waals surface area contributed by atoms with Crippen LogP contribution in [-0.2, 0) is 4.79 Å². The molecular formula is C20H15ClN4OS. The quantitative estimate of drug-likeness (QED) is 0.368. The molecule has 0 saturated carbocycles. The number of aromatic amines is 1. The summed E-state index contributed by atoms with van der Waals surface area (Å²) in [5, 5.41) is 4.15. The zero-order valence-electron chi connectivity index (χ0n) is 14.1. The van der Waals surface area contributed by atoms with Crippen molar-refractivity contribution in [1.82, 2.24) is 15.0 Å². The number of hydrogen-bond acceptors (Lipinski definition) is 4. The third-order valence-corrected chi connectivity index (χ3v) is 5.19. The fourth-order valence-electron chi connectivity index (χ4n) is 2.76. The number of rotatable bonds is 5. The largest absolute Gasteiger partial charge is 0.357 e. The summed E-state index contributed by atoms with van der Waals surface area (Å²) in [7, 11) is 0. The summed E-state index contributed by atoms with van der Waals surface area (Å²) in [4.78, 5) is 24.2. The third kappa shape index (κ3) is 3.97. The molecule has 4 rings (SSSR count). The Kier molecular flexibility index (Phi) is 5.09. The van der Waals surface area contributed by atoms with Gasteiger partial charge in [0.2, 0.25) is 5.91 Å². The molecule has 2 N–H and O–H groups in total. The molecule has 134 valence electrons. The molecule has 0 aliphatic heterocycles. The predicted octanol–water partition coefficient (Wildman–Crippen LogP) is 5.01. The van der Waals surface area contributed by atoms with Crippen LogP contribution in [0.3, 0.4) is 0 Å². The molecule has 0 saturated heterocycles. The maximum absolute atomic E-state index is 12.2. The number of aromatic nitrogens is 3. The van der Waals surface area contributed by atoms with Crippen molar-refractivity contribution in [2.24, 2.45) is 0 Å². The highest BCUT2D eigenvalue weighted by Gasteiger charge is 2.13. The SMILES string of the molecule is O=C(CSc1ncnc2c(-c3ccccc3)c[nH]c12)Nc1cccc(Cl)c1. The lowest BCUT2D eigenvalue weighted by atomic mass is 10.1. The Hall–Kier alpha value is -2.83. The second kappa shape index (κ2) is 7.82. The highest BCUT2D eigenvalue weighted by atomic mass is 35.5. The molecule has 1 amide bonds. The van der Waals surface area contributed by atoms with Gasteiger partial charge < -0.3 is 10.3 Å². The number of thioether (sulfide) groups is 1. The summed E-state index contributed by atoms with van der Waals surface area (Å²) >= 11 is 7.30. The number of halogens is 1. The fourth-order valence-corrected chi connectivity index (χ4v) is 3.71. The maximum atomic E-state index is 12.2. The standard InChI is InChI=1S/C20H15ClN4OS/c21-14-7-4-8-15(9-14)25-17(26)11-27-20-19-18(23-12-24-20)16(10-22-19)13-5-2-1-3-6-13/h1-10,12,22H,11H2,(H,25,26). The molecule has 7 heteroatoms. The number of H-pyrrole nitrogens is 1. The number of nitrogens with zero attached hydrogens (tertiary/aromatic N) is 2. The van der Waals surface area contributed by atoms with Crippen molar-refractivity contribution in [2.75, 3.05) is 11.1 Å². The van der Waals surface area contributed by atoms with Crippen LogP contribution in [0.4, 0.5) is 5.69 Å². The monoisotopic (exact) mass is 394 g/mol. The number of carbonyl (C=O) groups is 1. The molecule has 4 aromatic rings. The minimum absolute atomic E-state index is 0.121. The van der Waals surface area contributed by atoms with Gasteiger partial charge in [-0.3, -0.25) is 4.79 Å². The Morgan fingerprint density at radius 1 is 1.11 bits per heavy atom. The number of fused-ring (bicyclic) bond motifs is 1. The Bertz CT molecular complexity index is 1100. The van der Waals surface area contributed by atoms with Crippen LogP contribution in [0.5, 0.6) is 0 Å². The van der Waals surface area contributed by atoms with Crippen LogP contribution >= 0.6 is 23.4 Å². The van der Waals surface area contributed by atoms with E-state index in [0.717, 1.165) is 27.2 Å². The Morgan fingerprint density at radius 3 is 2.78 bits per heavy atom. The maximum Gasteiger partial charge on any atom is 0.234 e. The Balaban J connectivity index is 1.51. The van der Waals surface area contributed by atoms with Crippen LogP contribution in [0.25, 0.3) is 22.2 Å². The van der Waals surface area contributed by atoms with Crippen LogP contribution in [-0.4, -0.2) is 26.6 Å². The first-order valence-electron chi connectivity index (χ1n) is 8.26. The molecule has 0 unspecified atom stereocenters. The molecule has 2 heterocycles. The van der Waals surface area contributed by atoms with Gasteiger partial charge in [-0.1, -0.05) is 59.8 Å². The summed E-state index contributed by atoms with van der Waals surface area (Å²) in [6.45, 7) is 0. The minimum Gasteiger partial charge on any atom is -0.357 e. The van der Waals surface area contributed by atoms with Crippen LogP contribution in [0.2, 0.25) is 5.02 Å². The van der Waals surface area contributed by atoms with E-state index in [1.54, 1.807) is 24.3 Å². The average molecular weight is 395 g/mol. The van der Waals surface area contributed by atoms with Gasteiger partial charge in [-0.25, -0.2) is 9.97 Å². The summed E-state index contributed by atoms with van der Waals surface area (Å²) in [5.41, 5.74) is 4.44. The smallest absolute Gasteiger partial charge is 0.234 e. The molecule has 5 nitrogen and oxygen atoms in total. The van der Waals surface area contributed by atoms with E-state index in [-0.39, 0.29) is 11.7 Å². The van der Waals surface area contributed by atoms with Crippen LogP contribution in [0.1, 0.15) is 0 Å². The number of amides is 1. The highest BCUT2D eigenvalue weighted by Crippen LogP contribution is 2.31. The molecule has 0 bridgehead atoms. The van der Waals surface area contributed by atoms with E-state index in [1.165, 1.54) is 18.1 Å². The first-order chi connectivity index (χ1) is 13.2. The van der Waals surface area contributed by atoms with Crippen molar-refractivity contribution in [2.45, 2.75) is 5.03 Å². The van der Waals surface area contributed by atoms with E-state index in [2.05, 4.69) is 20.3 Å². The number of benzene rings is 2. The number of anilines is 1. The number of hydrogen-bond donors (Lipinski definition) is 2. The van der Waals surface area contributed by atoms with E-state index in [9.17, 15) is 4.79 Å². The first-order valence-corrected chi connectivity index (χ1v) is 9.63. The normalized spacial score (nSPS) is 10.9. The van der Waals surface area contributed by atoms with Gasteiger partial charge in [-0.15, -0.1) is 0 Å². The van der Waals surface area contributed by atoms with Gasteiger partial charge in [0.05, 0.1) is 11.3 Å². The zero-order chi connectivity index (χ0) is 18.6. The van der Waals surface area contributed by atoms with Gasteiger partial charge >= 0.3 is 0 Å². The summed E-state index contributed by atoms with van der Waals surface area (Å²) in [5.74, 6) is 0.113. The topological polar surface area (TPSA) is 70.7 Å². The first kappa shape index (κ1) is 17.6. The van der Waals surface area contributed by atoms with Crippen molar-refractivity contribution in [1.29, 1.82) is 0 Å². The highest BCUT2D eigenvalue weighted by molar-refractivity contribution is 8.00. The van der Waals surface area contributed by atoms with Crippen molar-refractivity contribution >= 4 is 46.0 Å². The molecule has 2 aromatic carbocycles. The second-order valence-electron chi connectivity index (χ2n) is 5.82. The number of carbonyl (C=O) groups excluding carboxylic acids is 1. The lowest BCUT2D eigenvalue weighted by molar-refractivity contribution is -0.113. The van der Waals surface area contributed by atoms with Gasteiger partial charge in [-0.2, -0.15) is 0 Å². The Labute approximate surface area is 165 Å². The van der Waals surface area contributed by atoms with Gasteiger partial charge in [0.15, 0.2) is 0 Å². The number of nitrogens with one attached hydrogen (secondary N) is 2. The zero-order valence-corrected chi connectivity index (χ0v) is 15.7. The molecule has 0 spiro atoms. The lowest BCUT2D eigenvalue weighted by Crippen LogP contribution is -2.14. The van der Waals surface area contributed by atoms with Crippen LogP contribution < -0.4 is 5.32 Å². The molecule has 0 atom stereocenters. The summed E-state index contributed by atoms with van der Waals surface area (Å²) in [6.07, 6.45) is 3.45. The summed E-state index contributed by atoms with van der Waals surface area (Å²) in [6, 6.07) is 17.1. The molecule has 0 aliphatic rings. The van der Waals surface area contributed by atoms with E-state index in [4.69, 9.17) is 11.6 Å². The van der Waals surface area contributed by atoms with E-state index >= 15 is 0 Å². The van der Waals surface area contributed by atoms with Gasteiger partial charge in [0.25, 0.3) is 0 Å². The van der Waals surface area contributed by atoms with E-state index < -0.39 is 0 Å².